The average molecular weight is 228 g/mol. The summed E-state index contributed by atoms with van der Waals surface area (Å²) in [5.41, 5.74) is 3.75. The van der Waals surface area contributed by atoms with Crippen LogP contribution in [0.4, 0.5) is 0 Å². The summed E-state index contributed by atoms with van der Waals surface area (Å²) in [6.45, 7) is 1.90. The largest absolute Gasteiger partial charge is 0.469 e. The van der Waals surface area contributed by atoms with Crippen LogP contribution < -0.4 is 0 Å². The third-order valence-corrected chi connectivity index (χ3v) is 3.73. The van der Waals surface area contributed by atoms with Crippen LogP contribution in [-0.2, 0) is 6.42 Å². The molecule has 2 unspecified atom stereocenters. The number of aliphatic hydroxyl groups is 1. The van der Waals surface area contributed by atoms with Gasteiger partial charge in [-0.2, -0.15) is 0 Å². The maximum Gasteiger partial charge on any atom is 0.106 e. The van der Waals surface area contributed by atoms with Gasteiger partial charge in [-0.15, -0.1) is 0 Å². The highest BCUT2D eigenvalue weighted by atomic mass is 16.3. The predicted octanol–water partition coefficient (Wildman–Crippen LogP) is 3.35. The Morgan fingerprint density at radius 2 is 2.18 bits per heavy atom. The molecule has 2 heteroatoms. The minimum absolute atomic E-state index is 0.410. The molecule has 2 atom stereocenters. The van der Waals surface area contributed by atoms with Crippen molar-refractivity contribution in [3.8, 4) is 0 Å². The molecule has 0 fully saturated rings. The Morgan fingerprint density at radius 1 is 1.35 bits per heavy atom. The summed E-state index contributed by atoms with van der Waals surface area (Å²) in [6.07, 6.45) is 3.11. The van der Waals surface area contributed by atoms with Gasteiger partial charge in [0.25, 0.3) is 0 Å². The number of hydrogen-bond donors (Lipinski definition) is 1. The van der Waals surface area contributed by atoms with Crippen molar-refractivity contribution in [3.63, 3.8) is 0 Å². The van der Waals surface area contributed by atoms with Crippen LogP contribution in [0, 0.1) is 6.92 Å². The molecule has 88 valence electrons. The molecule has 1 aromatic carbocycles. The first-order valence-electron chi connectivity index (χ1n) is 6.05. The van der Waals surface area contributed by atoms with Crippen molar-refractivity contribution in [2.75, 3.05) is 0 Å². The minimum atomic E-state index is -0.410. The van der Waals surface area contributed by atoms with Crippen molar-refractivity contribution in [2.24, 2.45) is 0 Å². The fraction of sp³-hybridized carbons (Fsp3) is 0.333. The SMILES string of the molecule is Cc1occc1C(O)CC1Cc2ccccc21. The summed E-state index contributed by atoms with van der Waals surface area (Å²) >= 11 is 0. The Morgan fingerprint density at radius 3 is 2.88 bits per heavy atom. The van der Waals surface area contributed by atoms with Gasteiger partial charge in [0.1, 0.15) is 5.76 Å². The lowest BCUT2D eigenvalue weighted by Crippen LogP contribution is -2.19. The van der Waals surface area contributed by atoms with Gasteiger partial charge in [-0.1, -0.05) is 24.3 Å². The maximum absolute atomic E-state index is 10.2. The van der Waals surface area contributed by atoms with Gasteiger partial charge >= 0.3 is 0 Å². The predicted molar refractivity (Wildman–Crippen MR) is 65.9 cm³/mol. The van der Waals surface area contributed by atoms with Crippen LogP contribution in [0.25, 0.3) is 0 Å². The van der Waals surface area contributed by atoms with E-state index in [-0.39, 0.29) is 0 Å². The van der Waals surface area contributed by atoms with Crippen molar-refractivity contribution in [1.82, 2.24) is 0 Å². The molecule has 3 rings (SSSR count). The molecule has 0 aliphatic heterocycles. The first kappa shape index (κ1) is 10.6. The monoisotopic (exact) mass is 228 g/mol. The van der Waals surface area contributed by atoms with Gasteiger partial charge < -0.3 is 9.52 Å². The smallest absolute Gasteiger partial charge is 0.106 e. The molecule has 0 spiro atoms. The van der Waals surface area contributed by atoms with Gasteiger partial charge in [0.05, 0.1) is 12.4 Å². The number of rotatable bonds is 3. The van der Waals surface area contributed by atoms with Crippen molar-refractivity contribution in [3.05, 3.63) is 59.0 Å². The van der Waals surface area contributed by atoms with E-state index < -0.39 is 6.10 Å². The van der Waals surface area contributed by atoms with Crippen molar-refractivity contribution in [1.29, 1.82) is 0 Å². The Hall–Kier alpha value is -1.54. The molecule has 0 saturated carbocycles. The molecule has 1 N–H and O–H groups in total. The molecular formula is C15H16O2. The third kappa shape index (κ3) is 1.79. The van der Waals surface area contributed by atoms with E-state index in [1.807, 2.05) is 13.0 Å². The summed E-state index contributed by atoms with van der Waals surface area (Å²) in [5, 5.41) is 10.2. The highest BCUT2D eigenvalue weighted by Crippen LogP contribution is 2.41. The topological polar surface area (TPSA) is 33.4 Å². The number of aryl methyl sites for hydroxylation is 1. The molecule has 0 bridgehead atoms. The Balaban J connectivity index is 1.72. The van der Waals surface area contributed by atoms with Crippen LogP contribution in [0.5, 0.6) is 0 Å². The van der Waals surface area contributed by atoms with Crippen molar-refractivity contribution < 1.29 is 9.52 Å². The molecule has 17 heavy (non-hydrogen) atoms. The van der Waals surface area contributed by atoms with Gasteiger partial charge in [-0.05, 0) is 42.9 Å². The fourth-order valence-electron chi connectivity index (χ4n) is 2.71. The number of fused-ring (bicyclic) bond motifs is 1. The Kier molecular flexibility index (Phi) is 2.52. The van der Waals surface area contributed by atoms with Crippen LogP contribution in [0.1, 0.15) is 40.9 Å². The van der Waals surface area contributed by atoms with E-state index >= 15 is 0 Å². The molecule has 0 radical (unpaired) electrons. The molecule has 2 nitrogen and oxygen atoms in total. The van der Waals surface area contributed by atoms with E-state index in [2.05, 4.69) is 24.3 Å². The second-order valence-electron chi connectivity index (χ2n) is 4.78. The zero-order valence-electron chi connectivity index (χ0n) is 9.89. The molecule has 1 heterocycles. The van der Waals surface area contributed by atoms with E-state index in [1.165, 1.54) is 11.1 Å². The summed E-state index contributed by atoms with van der Waals surface area (Å²) < 4.78 is 5.23. The van der Waals surface area contributed by atoms with Crippen LogP contribution >= 0.6 is 0 Å². The van der Waals surface area contributed by atoms with Crippen LogP contribution in [0.15, 0.2) is 41.0 Å². The van der Waals surface area contributed by atoms with E-state index in [4.69, 9.17) is 4.42 Å². The van der Waals surface area contributed by atoms with Crippen molar-refractivity contribution in [2.45, 2.75) is 31.8 Å². The maximum atomic E-state index is 10.2. The quantitative estimate of drug-likeness (QED) is 0.874. The second kappa shape index (κ2) is 4.04. The standard InChI is InChI=1S/C15H16O2/c1-10-13(6-7-17-10)15(16)9-12-8-11-4-2-3-5-14(11)12/h2-7,12,15-16H,8-9H2,1H3. The zero-order valence-corrected chi connectivity index (χ0v) is 9.89. The van der Waals surface area contributed by atoms with Gasteiger partial charge in [0, 0.05) is 5.56 Å². The fourth-order valence-corrected chi connectivity index (χ4v) is 2.71. The van der Waals surface area contributed by atoms with Gasteiger partial charge in [0.15, 0.2) is 0 Å². The molecule has 1 aliphatic rings. The molecule has 1 aliphatic carbocycles. The van der Waals surface area contributed by atoms with E-state index in [0.29, 0.717) is 5.92 Å². The highest BCUT2D eigenvalue weighted by Gasteiger charge is 2.28. The van der Waals surface area contributed by atoms with Crippen LogP contribution in [-0.4, -0.2) is 5.11 Å². The van der Waals surface area contributed by atoms with Crippen LogP contribution in [0.2, 0.25) is 0 Å². The Bertz CT molecular complexity index is 527. The number of aliphatic hydroxyl groups excluding tert-OH is 1. The number of benzene rings is 1. The third-order valence-electron chi connectivity index (χ3n) is 3.73. The van der Waals surface area contributed by atoms with E-state index in [0.717, 1.165) is 24.2 Å². The molecular weight excluding hydrogens is 212 g/mol. The first-order chi connectivity index (χ1) is 8.25. The normalized spacial score (nSPS) is 19.5. The lowest BCUT2D eigenvalue weighted by Gasteiger charge is -2.31. The number of furan rings is 1. The summed E-state index contributed by atoms with van der Waals surface area (Å²) in [4.78, 5) is 0. The molecule has 2 aromatic rings. The molecule has 1 aromatic heterocycles. The lowest BCUT2D eigenvalue weighted by atomic mass is 9.74. The van der Waals surface area contributed by atoms with E-state index in [9.17, 15) is 5.11 Å². The summed E-state index contributed by atoms with van der Waals surface area (Å²) in [7, 11) is 0. The van der Waals surface area contributed by atoms with E-state index in [1.54, 1.807) is 6.26 Å². The average Bonchev–Trinajstić information content (AvgIpc) is 2.72. The van der Waals surface area contributed by atoms with Gasteiger partial charge in [0.2, 0.25) is 0 Å². The highest BCUT2D eigenvalue weighted by molar-refractivity contribution is 5.40. The molecule has 0 amide bonds. The Labute approximate surface area is 101 Å². The van der Waals surface area contributed by atoms with Crippen LogP contribution in [0.3, 0.4) is 0 Å². The van der Waals surface area contributed by atoms with Crippen molar-refractivity contribution >= 4 is 0 Å². The second-order valence-corrected chi connectivity index (χ2v) is 4.78. The summed E-state index contributed by atoms with van der Waals surface area (Å²) in [6, 6.07) is 10.3. The first-order valence-corrected chi connectivity index (χ1v) is 6.05. The van der Waals surface area contributed by atoms with Gasteiger partial charge in [-0.25, -0.2) is 0 Å². The molecule has 0 saturated heterocycles. The summed E-state index contributed by atoms with van der Waals surface area (Å²) in [5.74, 6) is 1.32. The minimum Gasteiger partial charge on any atom is -0.469 e. The zero-order chi connectivity index (χ0) is 11.8. The lowest BCUT2D eigenvalue weighted by molar-refractivity contribution is 0.152. The van der Waals surface area contributed by atoms with Gasteiger partial charge in [-0.3, -0.25) is 0 Å². The number of hydrogen-bond acceptors (Lipinski definition) is 2.